The molecule has 1 aliphatic carbocycles. The Labute approximate surface area is 199 Å². The quantitative estimate of drug-likeness (QED) is 0.359. The van der Waals surface area contributed by atoms with E-state index in [2.05, 4.69) is 4.72 Å². The van der Waals surface area contributed by atoms with E-state index in [1.165, 1.54) is 17.0 Å². The van der Waals surface area contributed by atoms with Crippen LogP contribution in [0.4, 0.5) is 4.39 Å². The van der Waals surface area contributed by atoms with Gasteiger partial charge in [0.1, 0.15) is 11.6 Å². The number of amides is 2. The van der Waals surface area contributed by atoms with Crippen molar-refractivity contribution in [3.8, 4) is 5.75 Å². The number of sulfonamides is 1. The third-order valence-electron chi connectivity index (χ3n) is 6.11. The average Bonchev–Trinajstić information content (AvgIpc) is 3.59. The van der Waals surface area contributed by atoms with Crippen molar-refractivity contribution in [3.63, 3.8) is 0 Å². The van der Waals surface area contributed by atoms with E-state index in [-0.39, 0.29) is 24.1 Å². The van der Waals surface area contributed by atoms with Gasteiger partial charge in [0.05, 0.1) is 23.5 Å². The third kappa shape index (κ3) is 6.01. The second-order valence-corrected chi connectivity index (χ2v) is 10.9. The molecule has 4 rings (SSSR count). The molecule has 1 N–H and O–H groups in total. The molecule has 9 heteroatoms. The number of nitrogens with one attached hydrogen (secondary N) is 1. The Hall–Kier alpha value is -2.78. The Bertz CT molecular complexity index is 1140. The maximum absolute atomic E-state index is 14.0. The summed E-state index contributed by atoms with van der Waals surface area (Å²) in [7, 11) is -3.60. The van der Waals surface area contributed by atoms with Gasteiger partial charge in [-0.25, -0.2) is 17.5 Å². The number of rotatable bonds is 12. The van der Waals surface area contributed by atoms with Crippen molar-refractivity contribution in [3.05, 3.63) is 65.0 Å². The van der Waals surface area contributed by atoms with Gasteiger partial charge in [0.2, 0.25) is 10.0 Å². The largest absolute Gasteiger partial charge is 0.493 e. The topological polar surface area (TPSA) is 92.8 Å². The van der Waals surface area contributed by atoms with Gasteiger partial charge in [0.15, 0.2) is 0 Å². The second kappa shape index (κ2) is 10.2. The summed E-state index contributed by atoms with van der Waals surface area (Å²) in [4.78, 5) is 26.0. The molecule has 0 radical (unpaired) electrons. The van der Waals surface area contributed by atoms with Gasteiger partial charge in [-0.15, -0.1) is 0 Å². The molecular formula is C25H29FN2O5S. The Morgan fingerprint density at radius 2 is 1.74 bits per heavy atom. The van der Waals surface area contributed by atoms with Crippen LogP contribution >= 0.6 is 0 Å². The van der Waals surface area contributed by atoms with Crippen molar-refractivity contribution in [2.75, 3.05) is 18.9 Å². The Kier molecular flexibility index (Phi) is 7.33. The van der Waals surface area contributed by atoms with Gasteiger partial charge in [-0.1, -0.05) is 18.6 Å². The molecule has 0 aromatic heterocycles. The minimum Gasteiger partial charge on any atom is -0.493 e. The molecular weight excluding hydrogens is 459 g/mol. The van der Waals surface area contributed by atoms with Crippen molar-refractivity contribution in [1.29, 1.82) is 0 Å². The van der Waals surface area contributed by atoms with E-state index in [1.54, 1.807) is 37.3 Å². The third-order valence-corrected chi connectivity index (χ3v) is 7.64. The van der Waals surface area contributed by atoms with E-state index in [0.717, 1.165) is 12.8 Å². The van der Waals surface area contributed by atoms with Crippen LogP contribution in [0.2, 0.25) is 0 Å². The number of hydrogen-bond acceptors (Lipinski definition) is 5. The number of halogens is 1. The number of carbonyl (C=O) groups is 2. The highest BCUT2D eigenvalue weighted by atomic mass is 32.2. The van der Waals surface area contributed by atoms with Crippen molar-refractivity contribution in [1.82, 2.24) is 9.62 Å². The highest BCUT2D eigenvalue weighted by Crippen LogP contribution is 2.30. The molecule has 182 valence electrons. The van der Waals surface area contributed by atoms with Gasteiger partial charge in [-0.3, -0.25) is 14.5 Å². The van der Waals surface area contributed by atoms with Gasteiger partial charge < -0.3 is 4.74 Å². The average molecular weight is 489 g/mol. The molecule has 2 aliphatic rings. The fourth-order valence-electron chi connectivity index (χ4n) is 3.99. The molecule has 34 heavy (non-hydrogen) atoms. The fraction of sp³-hybridized carbons (Fsp3) is 0.440. The van der Waals surface area contributed by atoms with Crippen LogP contribution in [-0.2, 0) is 10.0 Å². The maximum atomic E-state index is 14.0. The molecule has 7 nitrogen and oxygen atoms in total. The summed E-state index contributed by atoms with van der Waals surface area (Å²) >= 11 is 0. The van der Waals surface area contributed by atoms with Crippen LogP contribution in [0.25, 0.3) is 0 Å². The molecule has 0 saturated heterocycles. The minimum atomic E-state index is -3.60. The van der Waals surface area contributed by atoms with Gasteiger partial charge in [0, 0.05) is 18.7 Å². The number of fused-ring (bicyclic) bond motifs is 1. The Morgan fingerprint density at radius 1 is 1.06 bits per heavy atom. The number of carbonyl (C=O) groups excluding carboxylic acids is 2. The monoisotopic (exact) mass is 488 g/mol. The van der Waals surface area contributed by atoms with Gasteiger partial charge in [-0.05, 0) is 68.4 Å². The number of nitrogens with zero attached hydrogens (tertiary/aromatic N) is 1. The predicted octanol–water partition coefficient (Wildman–Crippen LogP) is 4.06. The molecule has 0 spiro atoms. The zero-order chi connectivity index (χ0) is 24.3. The molecule has 1 aliphatic heterocycles. The summed E-state index contributed by atoms with van der Waals surface area (Å²) in [6, 6.07) is 10.4. The Morgan fingerprint density at radius 3 is 2.38 bits per heavy atom. The molecule has 1 fully saturated rings. The van der Waals surface area contributed by atoms with Crippen LogP contribution in [0.1, 0.15) is 71.3 Å². The van der Waals surface area contributed by atoms with Crippen LogP contribution in [0, 0.1) is 11.7 Å². The maximum Gasteiger partial charge on any atom is 0.261 e. The number of benzene rings is 2. The second-order valence-electron chi connectivity index (χ2n) is 9.00. The van der Waals surface area contributed by atoms with E-state index in [9.17, 15) is 22.4 Å². The summed E-state index contributed by atoms with van der Waals surface area (Å²) in [6.07, 6.45) is 3.68. The predicted molar refractivity (Wildman–Crippen MR) is 126 cm³/mol. The summed E-state index contributed by atoms with van der Waals surface area (Å²) in [6.45, 7) is 2.46. The fourth-order valence-corrected chi connectivity index (χ4v) is 5.37. The van der Waals surface area contributed by atoms with Crippen molar-refractivity contribution >= 4 is 21.8 Å². The van der Waals surface area contributed by atoms with Crippen molar-refractivity contribution < 1.29 is 27.1 Å². The lowest BCUT2D eigenvalue weighted by atomic mass is 10.1. The molecule has 1 unspecified atom stereocenters. The highest BCUT2D eigenvalue weighted by Gasteiger charge is 2.34. The van der Waals surface area contributed by atoms with Crippen LogP contribution in [0.5, 0.6) is 5.75 Å². The summed E-state index contributed by atoms with van der Waals surface area (Å²) in [5, 5.41) is 0. The SMILES string of the molecule is CC(NS(=O)(=O)CCCCCN1C(=O)c2ccccc2C1=O)c1cc(F)cc(OCC2CC2)c1. The first-order valence-corrected chi connectivity index (χ1v) is 13.3. The first-order valence-electron chi connectivity index (χ1n) is 11.6. The lowest BCUT2D eigenvalue weighted by Gasteiger charge is -2.17. The van der Waals surface area contributed by atoms with Gasteiger partial charge in [0.25, 0.3) is 11.8 Å². The lowest BCUT2D eigenvalue weighted by molar-refractivity contribution is 0.0651. The number of hydrogen-bond donors (Lipinski definition) is 1. The Balaban J connectivity index is 1.22. The molecule has 1 atom stereocenters. The van der Waals surface area contributed by atoms with Crippen molar-refractivity contribution in [2.24, 2.45) is 5.92 Å². The number of imide groups is 1. The standard InChI is InChI=1S/C25H29FN2O5S/c1-17(19-13-20(26)15-21(14-19)33-16-18-9-10-18)27-34(31,32)12-6-2-5-11-28-24(29)22-7-3-4-8-23(22)25(28)30/h3-4,7-8,13-15,17-18,27H,2,5-6,9-12,16H2,1H3. The van der Waals surface area contributed by atoms with Gasteiger partial charge >= 0.3 is 0 Å². The van der Waals surface area contributed by atoms with E-state index in [1.807, 2.05) is 0 Å². The van der Waals surface area contributed by atoms with E-state index in [4.69, 9.17) is 4.74 Å². The number of ether oxygens (including phenoxy) is 1. The molecule has 2 amide bonds. The van der Waals surface area contributed by atoms with Crippen LogP contribution < -0.4 is 9.46 Å². The first kappa shape index (κ1) is 24.3. The van der Waals surface area contributed by atoms with Gasteiger partial charge in [-0.2, -0.15) is 0 Å². The highest BCUT2D eigenvalue weighted by molar-refractivity contribution is 7.89. The molecule has 1 heterocycles. The molecule has 2 aromatic carbocycles. The zero-order valence-corrected chi connectivity index (χ0v) is 19.9. The smallest absolute Gasteiger partial charge is 0.261 e. The molecule has 1 saturated carbocycles. The number of unbranched alkanes of at least 4 members (excludes halogenated alkanes) is 2. The van der Waals surface area contributed by atoms with Crippen molar-refractivity contribution in [2.45, 2.75) is 45.1 Å². The molecule has 2 aromatic rings. The summed E-state index contributed by atoms with van der Waals surface area (Å²) < 4.78 is 47.3. The first-order chi connectivity index (χ1) is 16.2. The normalized spacial score (nSPS) is 16.6. The summed E-state index contributed by atoms with van der Waals surface area (Å²) in [5.74, 6) is -0.248. The van der Waals surface area contributed by atoms with Crippen LogP contribution in [-0.4, -0.2) is 44.0 Å². The van der Waals surface area contributed by atoms with E-state index >= 15 is 0 Å². The summed E-state index contributed by atoms with van der Waals surface area (Å²) in [5.41, 5.74) is 1.32. The van der Waals surface area contributed by atoms with Crippen LogP contribution in [0.3, 0.4) is 0 Å². The van der Waals surface area contributed by atoms with E-state index in [0.29, 0.717) is 54.2 Å². The zero-order valence-electron chi connectivity index (χ0n) is 19.1. The minimum absolute atomic E-state index is 0.0974. The molecule has 0 bridgehead atoms. The van der Waals surface area contributed by atoms with E-state index < -0.39 is 21.9 Å². The lowest BCUT2D eigenvalue weighted by Crippen LogP contribution is -2.31. The van der Waals surface area contributed by atoms with Crippen LogP contribution in [0.15, 0.2) is 42.5 Å².